The molecule has 1 atom stereocenters. The van der Waals surface area contributed by atoms with E-state index in [1.54, 1.807) is 0 Å². The first kappa shape index (κ1) is 18.7. The highest BCUT2D eigenvalue weighted by atomic mass is 16.3. The maximum Gasteiger partial charge on any atom is 0.245 e. The average Bonchev–Trinajstić information content (AvgIpc) is 2.59. The molecule has 17 heavy (non-hydrogen) atoms. The first-order valence-electron chi connectivity index (χ1n) is 6.81. The minimum atomic E-state index is -0.396. The molecule has 4 nitrogen and oxygen atoms in total. The van der Waals surface area contributed by atoms with E-state index in [0.717, 1.165) is 32.4 Å². The highest BCUT2D eigenvalue weighted by molar-refractivity contribution is 5.77. The standard InChI is InChI=1S/C9H18N2O2.2C2H6/c1-11-5-2-3-8(4-6-11)10-9(13)7-12;2*1-2/h8,12H,2-7H2,1H3,(H,10,13);2*1-2H3. The first-order chi connectivity index (χ1) is 8.22. The van der Waals surface area contributed by atoms with E-state index in [-0.39, 0.29) is 11.9 Å². The van der Waals surface area contributed by atoms with Crippen molar-refractivity contribution >= 4 is 5.91 Å². The minimum absolute atomic E-state index is 0.254. The zero-order valence-electron chi connectivity index (χ0n) is 12.1. The van der Waals surface area contributed by atoms with Gasteiger partial charge in [-0.2, -0.15) is 0 Å². The molecule has 0 radical (unpaired) electrons. The summed E-state index contributed by atoms with van der Waals surface area (Å²) >= 11 is 0. The molecule has 2 N–H and O–H groups in total. The molecule has 1 amide bonds. The van der Waals surface area contributed by atoms with Crippen LogP contribution in [0.1, 0.15) is 47.0 Å². The second-order valence-electron chi connectivity index (χ2n) is 3.66. The lowest BCUT2D eigenvalue weighted by molar-refractivity contribution is -0.124. The predicted octanol–water partition coefficient (Wildman–Crippen LogP) is 1.63. The maximum absolute atomic E-state index is 10.9. The number of hydrogen-bond donors (Lipinski definition) is 2. The average molecular weight is 246 g/mol. The number of rotatable bonds is 2. The molecule has 1 heterocycles. The molecule has 0 spiro atoms. The summed E-state index contributed by atoms with van der Waals surface area (Å²) in [7, 11) is 2.09. The molecule has 1 aliphatic heterocycles. The quantitative estimate of drug-likeness (QED) is 0.778. The third-order valence-electron chi connectivity index (χ3n) is 2.46. The summed E-state index contributed by atoms with van der Waals surface area (Å²) in [5.74, 6) is -0.255. The molecule has 1 rings (SSSR count). The van der Waals surface area contributed by atoms with Gasteiger partial charge in [0.15, 0.2) is 0 Å². The van der Waals surface area contributed by atoms with Gasteiger partial charge in [0, 0.05) is 6.04 Å². The molecular formula is C13H30N2O2. The molecule has 0 saturated carbocycles. The molecule has 0 aromatic heterocycles. The zero-order valence-corrected chi connectivity index (χ0v) is 12.1. The number of amides is 1. The smallest absolute Gasteiger partial charge is 0.245 e. The summed E-state index contributed by atoms with van der Waals surface area (Å²) in [5.41, 5.74) is 0. The number of nitrogens with one attached hydrogen (secondary N) is 1. The van der Waals surface area contributed by atoms with E-state index in [0.29, 0.717) is 0 Å². The van der Waals surface area contributed by atoms with Gasteiger partial charge in [-0.1, -0.05) is 27.7 Å². The van der Waals surface area contributed by atoms with E-state index in [9.17, 15) is 4.79 Å². The number of carbonyl (C=O) groups is 1. The highest BCUT2D eigenvalue weighted by Crippen LogP contribution is 2.09. The minimum Gasteiger partial charge on any atom is -0.387 e. The van der Waals surface area contributed by atoms with Gasteiger partial charge in [0.1, 0.15) is 6.61 Å². The molecule has 0 aliphatic carbocycles. The van der Waals surface area contributed by atoms with Crippen molar-refractivity contribution in [2.75, 3.05) is 26.7 Å². The monoisotopic (exact) mass is 246 g/mol. The van der Waals surface area contributed by atoms with E-state index in [4.69, 9.17) is 5.11 Å². The van der Waals surface area contributed by atoms with E-state index >= 15 is 0 Å². The Hall–Kier alpha value is -0.610. The van der Waals surface area contributed by atoms with Crippen LogP contribution in [0, 0.1) is 0 Å². The fraction of sp³-hybridized carbons (Fsp3) is 0.923. The van der Waals surface area contributed by atoms with Gasteiger partial charge in [-0.15, -0.1) is 0 Å². The van der Waals surface area contributed by atoms with Gasteiger partial charge in [-0.05, 0) is 39.4 Å². The lowest BCUT2D eigenvalue weighted by Crippen LogP contribution is -2.37. The van der Waals surface area contributed by atoms with Crippen molar-refractivity contribution in [2.45, 2.75) is 53.0 Å². The third kappa shape index (κ3) is 10.3. The van der Waals surface area contributed by atoms with Crippen LogP contribution in [0.25, 0.3) is 0 Å². The van der Waals surface area contributed by atoms with Crippen LogP contribution < -0.4 is 5.32 Å². The number of hydrogen-bond acceptors (Lipinski definition) is 3. The van der Waals surface area contributed by atoms with Crippen LogP contribution in [0.3, 0.4) is 0 Å². The van der Waals surface area contributed by atoms with E-state index in [1.165, 1.54) is 0 Å². The number of aliphatic hydroxyl groups is 1. The summed E-state index contributed by atoms with van der Waals surface area (Å²) in [6.07, 6.45) is 3.13. The normalized spacial score (nSPS) is 20.0. The highest BCUT2D eigenvalue weighted by Gasteiger charge is 2.15. The summed E-state index contributed by atoms with van der Waals surface area (Å²) in [5, 5.41) is 11.4. The molecule has 0 aromatic carbocycles. The van der Waals surface area contributed by atoms with E-state index in [1.807, 2.05) is 27.7 Å². The van der Waals surface area contributed by atoms with Gasteiger partial charge in [0.05, 0.1) is 0 Å². The maximum atomic E-state index is 10.9. The Morgan fingerprint density at radius 2 is 1.82 bits per heavy atom. The van der Waals surface area contributed by atoms with Crippen molar-refractivity contribution in [2.24, 2.45) is 0 Å². The van der Waals surface area contributed by atoms with Crippen LogP contribution in [0.2, 0.25) is 0 Å². The van der Waals surface area contributed by atoms with Crippen molar-refractivity contribution in [3.63, 3.8) is 0 Å². The Kier molecular flexibility index (Phi) is 14.8. The van der Waals surface area contributed by atoms with Crippen molar-refractivity contribution < 1.29 is 9.90 Å². The molecule has 0 bridgehead atoms. The van der Waals surface area contributed by atoms with E-state index < -0.39 is 6.61 Å². The Bertz CT molecular complexity index is 175. The largest absolute Gasteiger partial charge is 0.387 e. The fourth-order valence-electron chi connectivity index (χ4n) is 1.66. The van der Waals surface area contributed by atoms with Gasteiger partial charge in [0.25, 0.3) is 0 Å². The Morgan fingerprint density at radius 3 is 2.35 bits per heavy atom. The van der Waals surface area contributed by atoms with Gasteiger partial charge in [-0.3, -0.25) is 4.79 Å². The topological polar surface area (TPSA) is 52.6 Å². The summed E-state index contributed by atoms with van der Waals surface area (Å²) in [4.78, 5) is 13.2. The first-order valence-corrected chi connectivity index (χ1v) is 6.81. The molecule has 104 valence electrons. The predicted molar refractivity (Wildman–Crippen MR) is 73.1 cm³/mol. The van der Waals surface area contributed by atoms with Crippen LogP contribution in [0.5, 0.6) is 0 Å². The Morgan fingerprint density at radius 1 is 1.24 bits per heavy atom. The second kappa shape index (κ2) is 13.5. The Labute approximate surface area is 106 Å². The lowest BCUT2D eigenvalue weighted by Gasteiger charge is -2.15. The number of aliphatic hydroxyl groups excluding tert-OH is 1. The molecule has 0 aromatic rings. The van der Waals surface area contributed by atoms with Gasteiger partial charge in [0.2, 0.25) is 5.91 Å². The summed E-state index contributed by atoms with van der Waals surface area (Å²) < 4.78 is 0. The molecular weight excluding hydrogens is 216 g/mol. The summed E-state index contributed by atoms with van der Waals surface area (Å²) in [6, 6.07) is 0.254. The molecule has 4 heteroatoms. The van der Waals surface area contributed by atoms with Crippen LogP contribution in [0.15, 0.2) is 0 Å². The van der Waals surface area contributed by atoms with E-state index in [2.05, 4.69) is 17.3 Å². The molecule has 1 unspecified atom stereocenters. The molecule has 1 fully saturated rings. The zero-order chi connectivity index (χ0) is 13.7. The van der Waals surface area contributed by atoms with Crippen molar-refractivity contribution in [3.8, 4) is 0 Å². The SMILES string of the molecule is CC.CC.CN1CCCC(NC(=O)CO)CC1. The number of nitrogens with zero attached hydrogens (tertiary/aromatic N) is 1. The van der Waals surface area contributed by atoms with Crippen molar-refractivity contribution in [3.05, 3.63) is 0 Å². The molecule has 1 aliphatic rings. The second-order valence-corrected chi connectivity index (χ2v) is 3.66. The Balaban J connectivity index is 0. The lowest BCUT2D eigenvalue weighted by atomic mass is 10.1. The van der Waals surface area contributed by atoms with Gasteiger partial charge in [-0.25, -0.2) is 0 Å². The molecule has 1 saturated heterocycles. The van der Waals surface area contributed by atoms with Crippen molar-refractivity contribution in [1.82, 2.24) is 10.2 Å². The van der Waals surface area contributed by atoms with Crippen LogP contribution >= 0.6 is 0 Å². The van der Waals surface area contributed by atoms with Crippen LogP contribution in [-0.2, 0) is 4.79 Å². The van der Waals surface area contributed by atoms with Crippen LogP contribution in [0.4, 0.5) is 0 Å². The van der Waals surface area contributed by atoms with Gasteiger partial charge < -0.3 is 15.3 Å². The summed E-state index contributed by atoms with van der Waals surface area (Å²) in [6.45, 7) is 9.73. The van der Waals surface area contributed by atoms with Crippen LogP contribution in [-0.4, -0.2) is 48.7 Å². The number of likely N-dealkylation sites (tertiary alicyclic amines) is 1. The van der Waals surface area contributed by atoms with Gasteiger partial charge >= 0.3 is 0 Å². The third-order valence-corrected chi connectivity index (χ3v) is 2.46. The fourth-order valence-corrected chi connectivity index (χ4v) is 1.66. The number of carbonyl (C=O) groups excluding carboxylic acids is 1. The van der Waals surface area contributed by atoms with Crippen molar-refractivity contribution in [1.29, 1.82) is 0 Å².